The quantitative estimate of drug-likeness (QED) is 0.184. The van der Waals surface area contributed by atoms with Gasteiger partial charge in [-0.2, -0.15) is 0 Å². The largest absolute Gasteiger partial charge is 0.309 e. The Kier molecular flexibility index (Phi) is 6.80. The molecule has 0 N–H and O–H groups in total. The molecule has 7 aromatic carbocycles. The predicted molar refractivity (Wildman–Crippen MR) is 213 cm³/mol. The van der Waals surface area contributed by atoms with Crippen LogP contribution in [0.4, 0.5) is 0 Å². The first kappa shape index (κ1) is 30.2. The van der Waals surface area contributed by atoms with E-state index in [1.807, 2.05) is 60.7 Å². The van der Waals surface area contributed by atoms with Crippen molar-refractivity contribution in [2.24, 2.45) is 0 Å². The van der Waals surface area contributed by atoms with Crippen LogP contribution in [-0.4, -0.2) is 19.5 Å². The van der Waals surface area contributed by atoms with Crippen LogP contribution in [0.3, 0.4) is 0 Å². The summed E-state index contributed by atoms with van der Waals surface area (Å²) >= 11 is 0. The standard InChI is InChI=1S/C48H34N4/c1-48(2)41-24-13-12-23-37(41)38-30-44-40(29-42(38)48)39-28-34(31-15-6-3-7-16-31)25-26-43(39)52(44)36-22-14-21-35(27-36)47-50-45(32-17-8-4-9-18-32)49-46(51-47)33-19-10-5-11-20-33/h3-30H,1-2H3. The molecule has 0 saturated heterocycles. The fourth-order valence-electron chi connectivity index (χ4n) is 8.02. The topological polar surface area (TPSA) is 43.6 Å². The number of nitrogens with zero attached hydrogens (tertiary/aromatic N) is 4. The van der Waals surface area contributed by atoms with Crippen molar-refractivity contribution < 1.29 is 0 Å². The summed E-state index contributed by atoms with van der Waals surface area (Å²) in [6.45, 7) is 4.70. The Morgan fingerprint density at radius 2 is 0.942 bits per heavy atom. The molecule has 0 spiro atoms. The molecule has 9 aromatic rings. The third-order valence-electron chi connectivity index (χ3n) is 10.6. The average molecular weight is 667 g/mol. The Morgan fingerprint density at radius 1 is 0.385 bits per heavy atom. The summed E-state index contributed by atoms with van der Waals surface area (Å²) in [6.07, 6.45) is 0. The SMILES string of the molecule is CC1(C)c2ccccc2-c2cc3c(cc21)c1cc(-c2ccccc2)ccc1n3-c1cccc(-c2nc(-c3ccccc3)nc(-c3ccccc3)n2)c1. The fourth-order valence-corrected chi connectivity index (χ4v) is 8.02. The highest BCUT2D eigenvalue weighted by Gasteiger charge is 2.36. The second kappa shape index (κ2) is 11.7. The monoisotopic (exact) mass is 666 g/mol. The van der Waals surface area contributed by atoms with Crippen LogP contribution in [0.2, 0.25) is 0 Å². The highest BCUT2D eigenvalue weighted by atomic mass is 15.0. The lowest BCUT2D eigenvalue weighted by molar-refractivity contribution is 0.661. The van der Waals surface area contributed by atoms with Crippen LogP contribution in [0.1, 0.15) is 25.0 Å². The summed E-state index contributed by atoms with van der Waals surface area (Å²) < 4.78 is 2.41. The Balaban J connectivity index is 1.21. The van der Waals surface area contributed by atoms with Gasteiger partial charge >= 0.3 is 0 Å². The van der Waals surface area contributed by atoms with Crippen molar-refractivity contribution in [3.8, 4) is 62.1 Å². The molecule has 2 heterocycles. The molecule has 2 aromatic heterocycles. The Labute approximate surface area is 302 Å². The van der Waals surface area contributed by atoms with Gasteiger partial charge in [0.05, 0.1) is 11.0 Å². The molecule has 4 nitrogen and oxygen atoms in total. The predicted octanol–water partition coefficient (Wildman–Crippen LogP) is 11.9. The normalized spacial score (nSPS) is 13.0. The molecule has 52 heavy (non-hydrogen) atoms. The molecule has 0 aliphatic heterocycles. The van der Waals surface area contributed by atoms with Gasteiger partial charge in [0.1, 0.15) is 0 Å². The summed E-state index contributed by atoms with van der Waals surface area (Å²) in [6, 6.07) is 60.2. The van der Waals surface area contributed by atoms with Gasteiger partial charge in [-0.1, -0.05) is 147 Å². The smallest absolute Gasteiger partial charge is 0.164 e. The zero-order valence-electron chi connectivity index (χ0n) is 29.0. The van der Waals surface area contributed by atoms with Crippen molar-refractivity contribution in [2.45, 2.75) is 19.3 Å². The highest BCUT2D eigenvalue weighted by molar-refractivity contribution is 6.12. The molecule has 0 amide bonds. The van der Waals surface area contributed by atoms with Gasteiger partial charge in [-0.05, 0) is 69.8 Å². The van der Waals surface area contributed by atoms with E-state index in [0.29, 0.717) is 17.5 Å². The van der Waals surface area contributed by atoms with Crippen LogP contribution in [0, 0.1) is 0 Å². The summed E-state index contributed by atoms with van der Waals surface area (Å²) in [4.78, 5) is 15.0. The lowest BCUT2D eigenvalue weighted by Crippen LogP contribution is -2.14. The Hall–Kier alpha value is -6.65. The number of hydrogen-bond acceptors (Lipinski definition) is 3. The number of aromatic nitrogens is 4. The molecule has 0 bridgehead atoms. The van der Waals surface area contributed by atoms with Crippen LogP contribution >= 0.6 is 0 Å². The maximum absolute atomic E-state index is 5.05. The van der Waals surface area contributed by atoms with E-state index in [9.17, 15) is 0 Å². The number of fused-ring (bicyclic) bond motifs is 6. The van der Waals surface area contributed by atoms with E-state index in [1.165, 1.54) is 49.7 Å². The minimum absolute atomic E-state index is 0.100. The van der Waals surface area contributed by atoms with Gasteiger partial charge in [-0.3, -0.25) is 0 Å². The average Bonchev–Trinajstić information content (AvgIpc) is 3.65. The molecule has 0 atom stereocenters. The van der Waals surface area contributed by atoms with Gasteiger partial charge in [0, 0.05) is 38.6 Å². The maximum atomic E-state index is 5.05. The summed E-state index contributed by atoms with van der Waals surface area (Å²) in [5, 5.41) is 2.48. The lowest BCUT2D eigenvalue weighted by atomic mass is 9.82. The zero-order valence-corrected chi connectivity index (χ0v) is 29.0. The maximum Gasteiger partial charge on any atom is 0.164 e. The molecule has 0 unspecified atom stereocenters. The summed E-state index contributed by atoms with van der Waals surface area (Å²) in [5.41, 5.74) is 13.9. The molecule has 0 radical (unpaired) electrons. The minimum Gasteiger partial charge on any atom is -0.309 e. The molecular formula is C48H34N4. The first-order chi connectivity index (χ1) is 25.5. The van der Waals surface area contributed by atoms with Gasteiger partial charge in [0.2, 0.25) is 0 Å². The summed E-state index contributed by atoms with van der Waals surface area (Å²) in [5.74, 6) is 1.94. The van der Waals surface area contributed by atoms with Gasteiger partial charge in [-0.25, -0.2) is 15.0 Å². The van der Waals surface area contributed by atoms with E-state index < -0.39 is 0 Å². The van der Waals surface area contributed by atoms with E-state index in [0.717, 1.165) is 27.9 Å². The molecule has 1 aliphatic carbocycles. The molecule has 0 fully saturated rings. The van der Waals surface area contributed by atoms with Gasteiger partial charge < -0.3 is 4.57 Å². The van der Waals surface area contributed by atoms with Crippen LogP contribution in [-0.2, 0) is 5.41 Å². The first-order valence-electron chi connectivity index (χ1n) is 17.8. The van der Waals surface area contributed by atoms with Crippen LogP contribution in [0.25, 0.3) is 83.9 Å². The van der Waals surface area contributed by atoms with Crippen molar-refractivity contribution in [3.63, 3.8) is 0 Å². The van der Waals surface area contributed by atoms with Gasteiger partial charge in [0.25, 0.3) is 0 Å². The fraction of sp³-hybridized carbons (Fsp3) is 0.0625. The Bertz CT molecular complexity index is 2740. The van der Waals surface area contributed by atoms with E-state index in [-0.39, 0.29) is 5.41 Å². The number of rotatable bonds is 5. The molecule has 10 rings (SSSR count). The molecular weight excluding hydrogens is 633 g/mol. The Morgan fingerprint density at radius 3 is 1.62 bits per heavy atom. The van der Waals surface area contributed by atoms with Crippen molar-refractivity contribution in [3.05, 3.63) is 181 Å². The first-order valence-corrected chi connectivity index (χ1v) is 17.8. The highest BCUT2D eigenvalue weighted by Crippen LogP contribution is 2.51. The minimum atomic E-state index is -0.100. The van der Waals surface area contributed by atoms with E-state index >= 15 is 0 Å². The molecule has 246 valence electrons. The van der Waals surface area contributed by atoms with E-state index in [2.05, 4.69) is 128 Å². The third kappa shape index (κ3) is 4.79. The van der Waals surface area contributed by atoms with Crippen LogP contribution < -0.4 is 0 Å². The number of benzene rings is 7. The second-order valence-electron chi connectivity index (χ2n) is 14.1. The number of hydrogen-bond donors (Lipinski definition) is 0. The van der Waals surface area contributed by atoms with E-state index in [1.54, 1.807) is 0 Å². The third-order valence-corrected chi connectivity index (χ3v) is 10.6. The molecule has 1 aliphatic rings. The van der Waals surface area contributed by atoms with Crippen molar-refractivity contribution in [1.29, 1.82) is 0 Å². The zero-order chi connectivity index (χ0) is 34.8. The molecule has 4 heteroatoms. The van der Waals surface area contributed by atoms with Crippen molar-refractivity contribution in [2.75, 3.05) is 0 Å². The second-order valence-corrected chi connectivity index (χ2v) is 14.1. The van der Waals surface area contributed by atoms with Gasteiger partial charge in [-0.15, -0.1) is 0 Å². The lowest BCUT2D eigenvalue weighted by Gasteiger charge is -2.21. The summed E-state index contributed by atoms with van der Waals surface area (Å²) in [7, 11) is 0. The molecule has 0 saturated carbocycles. The van der Waals surface area contributed by atoms with Gasteiger partial charge in [0.15, 0.2) is 17.5 Å². The van der Waals surface area contributed by atoms with Crippen molar-refractivity contribution >= 4 is 21.8 Å². The van der Waals surface area contributed by atoms with Crippen molar-refractivity contribution in [1.82, 2.24) is 19.5 Å². The van der Waals surface area contributed by atoms with E-state index in [4.69, 9.17) is 15.0 Å². The van der Waals surface area contributed by atoms with Crippen LogP contribution in [0.5, 0.6) is 0 Å². The van der Waals surface area contributed by atoms with Crippen LogP contribution in [0.15, 0.2) is 170 Å².